The van der Waals surface area contributed by atoms with Gasteiger partial charge >= 0.3 is 0 Å². The topological polar surface area (TPSA) is 70.7 Å². The van der Waals surface area contributed by atoms with E-state index < -0.39 is 0 Å². The van der Waals surface area contributed by atoms with Gasteiger partial charge in [-0.1, -0.05) is 37.7 Å². The molecule has 0 unspecified atom stereocenters. The first-order valence-electron chi connectivity index (χ1n) is 7.07. The van der Waals surface area contributed by atoms with Crippen LogP contribution in [0, 0.1) is 5.82 Å². The molecular formula is C15H19FN4OS. The van der Waals surface area contributed by atoms with Crippen LogP contribution in [-0.2, 0) is 11.3 Å². The third kappa shape index (κ3) is 4.56. The van der Waals surface area contributed by atoms with Crippen molar-refractivity contribution in [1.29, 1.82) is 0 Å². The van der Waals surface area contributed by atoms with Gasteiger partial charge in [-0.25, -0.2) is 9.37 Å². The average Bonchev–Trinajstić information content (AvgIpc) is 2.95. The van der Waals surface area contributed by atoms with Crippen molar-refractivity contribution in [3.8, 4) is 0 Å². The summed E-state index contributed by atoms with van der Waals surface area (Å²) in [5, 5.41) is 10.0. The van der Waals surface area contributed by atoms with Crippen LogP contribution in [0.15, 0.2) is 29.4 Å². The fraction of sp³-hybridized carbons (Fsp3) is 0.400. The van der Waals surface area contributed by atoms with Crippen LogP contribution in [0.3, 0.4) is 0 Å². The number of hydrogen-bond acceptors (Lipinski definition) is 4. The van der Waals surface area contributed by atoms with E-state index in [1.165, 1.54) is 23.9 Å². The van der Waals surface area contributed by atoms with Gasteiger partial charge in [-0.2, -0.15) is 0 Å². The number of aromatic nitrogens is 3. The molecule has 0 aliphatic heterocycles. The highest BCUT2D eigenvalue weighted by Crippen LogP contribution is 2.21. The summed E-state index contributed by atoms with van der Waals surface area (Å²) in [6.07, 6.45) is 0. The summed E-state index contributed by atoms with van der Waals surface area (Å²) in [4.78, 5) is 16.4. The van der Waals surface area contributed by atoms with Gasteiger partial charge < -0.3 is 5.32 Å². The smallest absolute Gasteiger partial charge is 0.233 e. The molecule has 0 saturated heterocycles. The molecule has 7 heteroatoms. The summed E-state index contributed by atoms with van der Waals surface area (Å²) in [5.41, 5.74) is 0.854. The molecule has 1 heterocycles. The van der Waals surface area contributed by atoms with E-state index in [0.29, 0.717) is 11.7 Å². The van der Waals surface area contributed by atoms with Gasteiger partial charge in [0.2, 0.25) is 11.1 Å². The minimum atomic E-state index is -0.309. The molecule has 1 aromatic heterocycles. The largest absolute Gasteiger partial charge is 0.351 e. The first-order valence-corrected chi connectivity index (χ1v) is 7.94. The van der Waals surface area contributed by atoms with Crippen molar-refractivity contribution < 1.29 is 9.18 Å². The maximum atomic E-state index is 12.8. The number of benzene rings is 1. The number of amides is 1. The molecule has 2 rings (SSSR count). The Kier molecular flexibility index (Phi) is 5.54. The highest BCUT2D eigenvalue weighted by Gasteiger charge is 2.17. The third-order valence-corrected chi connectivity index (χ3v) is 4.02. The first kappa shape index (κ1) is 16.5. The van der Waals surface area contributed by atoms with Crippen molar-refractivity contribution in [3.05, 3.63) is 41.5 Å². The number of aromatic amines is 1. The second-order valence-corrected chi connectivity index (χ2v) is 6.57. The second kappa shape index (κ2) is 7.40. The summed E-state index contributed by atoms with van der Waals surface area (Å²) < 4.78 is 12.8. The van der Waals surface area contributed by atoms with Crippen LogP contribution in [0.2, 0.25) is 0 Å². The number of nitrogens with zero attached hydrogens (tertiary/aromatic N) is 2. The van der Waals surface area contributed by atoms with Gasteiger partial charge in [-0.15, -0.1) is 5.10 Å². The van der Waals surface area contributed by atoms with Crippen molar-refractivity contribution >= 4 is 17.7 Å². The Balaban J connectivity index is 1.84. The molecule has 1 amide bonds. The number of carbonyl (C=O) groups is 1. The van der Waals surface area contributed by atoms with E-state index in [1.807, 2.05) is 13.8 Å². The lowest BCUT2D eigenvalue weighted by Crippen LogP contribution is -2.30. The number of hydrogen-bond donors (Lipinski definition) is 2. The molecule has 0 saturated carbocycles. The number of rotatable bonds is 6. The van der Waals surface area contributed by atoms with Gasteiger partial charge in [0.1, 0.15) is 11.6 Å². The SMILES string of the molecule is CC(C)c1nc(S[C@@H](C)C(=O)NCc2ccc(F)cc2)n[nH]1. The van der Waals surface area contributed by atoms with Crippen molar-refractivity contribution in [3.63, 3.8) is 0 Å². The van der Waals surface area contributed by atoms with Gasteiger partial charge in [-0.05, 0) is 24.6 Å². The summed E-state index contributed by atoms with van der Waals surface area (Å²) in [6.45, 7) is 6.22. The molecule has 0 aliphatic carbocycles. The van der Waals surface area contributed by atoms with E-state index in [4.69, 9.17) is 0 Å². The van der Waals surface area contributed by atoms with Crippen LogP contribution in [0.25, 0.3) is 0 Å². The minimum absolute atomic E-state index is 0.106. The lowest BCUT2D eigenvalue weighted by atomic mass is 10.2. The Hall–Kier alpha value is -1.89. The van der Waals surface area contributed by atoms with Crippen LogP contribution >= 0.6 is 11.8 Å². The Morgan fingerprint density at radius 2 is 2.00 bits per heavy atom. The van der Waals surface area contributed by atoms with Crippen LogP contribution in [0.1, 0.15) is 38.1 Å². The Morgan fingerprint density at radius 3 is 2.59 bits per heavy atom. The fourth-order valence-corrected chi connectivity index (χ4v) is 2.47. The summed E-state index contributed by atoms with van der Waals surface area (Å²) in [5.74, 6) is 0.681. The predicted molar refractivity (Wildman–Crippen MR) is 84.0 cm³/mol. The van der Waals surface area contributed by atoms with E-state index in [1.54, 1.807) is 19.1 Å². The minimum Gasteiger partial charge on any atom is -0.351 e. The molecule has 0 radical (unpaired) electrons. The van der Waals surface area contributed by atoms with Crippen LogP contribution in [0.5, 0.6) is 0 Å². The standard InChI is InChI=1S/C15H19FN4OS/c1-9(2)13-18-15(20-19-13)22-10(3)14(21)17-8-11-4-6-12(16)7-5-11/h4-7,9-10H,8H2,1-3H3,(H,17,21)(H,18,19,20)/t10-/m0/s1. The fourth-order valence-electron chi connectivity index (χ4n) is 1.72. The zero-order chi connectivity index (χ0) is 16.1. The maximum Gasteiger partial charge on any atom is 0.233 e. The van der Waals surface area contributed by atoms with Crippen molar-refractivity contribution in [1.82, 2.24) is 20.5 Å². The molecule has 0 aliphatic rings. The van der Waals surface area contributed by atoms with Gasteiger partial charge in [0, 0.05) is 12.5 Å². The molecule has 5 nitrogen and oxygen atoms in total. The quantitative estimate of drug-likeness (QED) is 0.802. The van der Waals surface area contributed by atoms with E-state index in [-0.39, 0.29) is 22.9 Å². The number of thioether (sulfide) groups is 1. The average molecular weight is 322 g/mol. The zero-order valence-electron chi connectivity index (χ0n) is 12.8. The Labute approximate surface area is 133 Å². The van der Waals surface area contributed by atoms with Crippen molar-refractivity contribution in [2.24, 2.45) is 0 Å². The van der Waals surface area contributed by atoms with Gasteiger partial charge in [-0.3, -0.25) is 9.89 Å². The van der Waals surface area contributed by atoms with Crippen LogP contribution < -0.4 is 5.32 Å². The molecule has 118 valence electrons. The highest BCUT2D eigenvalue weighted by molar-refractivity contribution is 8.00. The number of carbonyl (C=O) groups excluding carboxylic acids is 1. The molecule has 22 heavy (non-hydrogen) atoms. The van der Waals surface area contributed by atoms with E-state index in [0.717, 1.165) is 11.4 Å². The van der Waals surface area contributed by atoms with Crippen molar-refractivity contribution in [2.75, 3.05) is 0 Å². The monoisotopic (exact) mass is 322 g/mol. The molecule has 2 N–H and O–H groups in total. The van der Waals surface area contributed by atoms with Gasteiger partial charge in [0.15, 0.2) is 0 Å². The lowest BCUT2D eigenvalue weighted by molar-refractivity contribution is -0.120. The van der Waals surface area contributed by atoms with Crippen LogP contribution in [-0.4, -0.2) is 26.3 Å². The summed E-state index contributed by atoms with van der Waals surface area (Å²) >= 11 is 1.30. The Morgan fingerprint density at radius 1 is 1.32 bits per heavy atom. The number of nitrogens with one attached hydrogen (secondary N) is 2. The summed E-state index contributed by atoms with van der Waals surface area (Å²) in [7, 11) is 0. The molecule has 0 spiro atoms. The molecule has 1 atom stereocenters. The molecule has 0 bridgehead atoms. The van der Waals surface area contributed by atoms with Gasteiger partial charge in [0.25, 0.3) is 0 Å². The predicted octanol–water partition coefficient (Wildman–Crippen LogP) is 2.86. The lowest BCUT2D eigenvalue weighted by Gasteiger charge is -2.10. The third-order valence-electron chi connectivity index (χ3n) is 3.06. The van der Waals surface area contributed by atoms with E-state index in [2.05, 4.69) is 20.5 Å². The molecule has 2 aromatic rings. The number of halogens is 1. The molecule has 0 fully saturated rings. The first-order chi connectivity index (χ1) is 10.5. The van der Waals surface area contributed by atoms with Gasteiger partial charge in [0.05, 0.1) is 5.25 Å². The van der Waals surface area contributed by atoms with Crippen molar-refractivity contribution in [2.45, 2.75) is 43.6 Å². The van der Waals surface area contributed by atoms with Crippen LogP contribution in [0.4, 0.5) is 4.39 Å². The zero-order valence-corrected chi connectivity index (χ0v) is 13.6. The summed E-state index contributed by atoms with van der Waals surface area (Å²) in [6, 6.07) is 6.05. The van der Waals surface area contributed by atoms with E-state index >= 15 is 0 Å². The number of H-pyrrole nitrogens is 1. The maximum absolute atomic E-state index is 12.8. The molecular weight excluding hydrogens is 303 g/mol. The molecule has 1 aromatic carbocycles. The van der Waals surface area contributed by atoms with E-state index in [9.17, 15) is 9.18 Å². The highest BCUT2D eigenvalue weighted by atomic mass is 32.2. The normalized spacial score (nSPS) is 12.4. The Bertz CT molecular complexity index is 627. The second-order valence-electron chi connectivity index (χ2n) is 5.26.